The molecule has 1 unspecified atom stereocenters. The first-order chi connectivity index (χ1) is 15.4. The van der Waals surface area contributed by atoms with Crippen LogP contribution >= 0.6 is 0 Å². The monoisotopic (exact) mass is 439 g/mol. The molecule has 0 bridgehead atoms. The molecule has 1 saturated heterocycles. The van der Waals surface area contributed by atoms with Gasteiger partial charge in [-0.1, -0.05) is 12.1 Å². The van der Waals surface area contributed by atoms with Gasteiger partial charge in [-0.15, -0.1) is 0 Å². The standard InChI is InChI=1S/C23H26FN5O3/c1-15-3-6-21-27-17(14-29(21)12-15)11-26-22(30)10-20-23(31)25-7-8-28(20)13-16-4-5-18(32-2)9-19(16)24/h3-6,9,12,14,20H,7-8,10-11,13H2,1-2H3,(H,25,31)(H,26,30). The summed E-state index contributed by atoms with van der Waals surface area (Å²) in [4.78, 5) is 31.4. The highest BCUT2D eigenvalue weighted by Gasteiger charge is 2.32. The first-order valence-corrected chi connectivity index (χ1v) is 10.5. The number of methoxy groups -OCH3 is 1. The Morgan fingerprint density at radius 1 is 1.31 bits per heavy atom. The average Bonchev–Trinajstić information content (AvgIpc) is 3.18. The summed E-state index contributed by atoms with van der Waals surface area (Å²) in [5.41, 5.74) is 3.10. The molecule has 2 N–H and O–H groups in total. The van der Waals surface area contributed by atoms with Crippen molar-refractivity contribution in [3.63, 3.8) is 0 Å². The molecular weight excluding hydrogens is 413 g/mol. The molecule has 1 aromatic carbocycles. The van der Waals surface area contributed by atoms with Gasteiger partial charge in [0, 0.05) is 43.7 Å². The number of pyridine rings is 1. The first kappa shape index (κ1) is 21.8. The molecule has 3 heterocycles. The summed E-state index contributed by atoms with van der Waals surface area (Å²) < 4.78 is 21.4. The highest BCUT2D eigenvalue weighted by molar-refractivity contribution is 5.88. The molecule has 0 aliphatic carbocycles. The second kappa shape index (κ2) is 9.35. The number of piperazine rings is 1. The van der Waals surface area contributed by atoms with Crippen molar-refractivity contribution in [2.24, 2.45) is 0 Å². The summed E-state index contributed by atoms with van der Waals surface area (Å²) in [7, 11) is 1.48. The van der Waals surface area contributed by atoms with Crippen molar-refractivity contribution in [3.05, 3.63) is 65.4 Å². The third-order valence-electron chi connectivity index (χ3n) is 5.57. The Morgan fingerprint density at radius 2 is 2.16 bits per heavy atom. The number of nitrogens with zero attached hydrogens (tertiary/aromatic N) is 3. The molecule has 168 valence electrons. The van der Waals surface area contributed by atoms with Gasteiger partial charge < -0.3 is 19.8 Å². The van der Waals surface area contributed by atoms with Gasteiger partial charge in [-0.25, -0.2) is 9.37 Å². The number of benzene rings is 1. The molecule has 2 amide bonds. The normalized spacial score (nSPS) is 16.7. The van der Waals surface area contributed by atoms with E-state index in [1.165, 1.54) is 13.2 Å². The largest absolute Gasteiger partial charge is 0.497 e. The molecule has 2 aromatic heterocycles. The van der Waals surface area contributed by atoms with E-state index in [9.17, 15) is 14.0 Å². The summed E-state index contributed by atoms with van der Waals surface area (Å²) in [5.74, 6) is -0.467. The van der Waals surface area contributed by atoms with Gasteiger partial charge in [0.2, 0.25) is 11.8 Å². The minimum Gasteiger partial charge on any atom is -0.497 e. The van der Waals surface area contributed by atoms with E-state index in [1.807, 2.05) is 40.8 Å². The number of amides is 2. The maximum atomic E-state index is 14.4. The van der Waals surface area contributed by atoms with E-state index in [4.69, 9.17) is 4.74 Å². The van der Waals surface area contributed by atoms with E-state index < -0.39 is 11.9 Å². The second-order valence-corrected chi connectivity index (χ2v) is 7.92. The highest BCUT2D eigenvalue weighted by Crippen LogP contribution is 2.20. The Bertz CT molecular complexity index is 1150. The van der Waals surface area contributed by atoms with Crippen molar-refractivity contribution in [2.45, 2.75) is 32.5 Å². The van der Waals surface area contributed by atoms with E-state index in [2.05, 4.69) is 15.6 Å². The number of rotatable bonds is 7. The molecular formula is C23H26FN5O3. The first-order valence-electron chi connectivity index (χ1n) is 10.5. The zero-order chi connectivity index (χ0) is 22.7. The molecule has 8 nitrogen and oxygen atoms in total. The lowest BCUT2D eigenvalue weighted by Crippen LogP contribution is -2.56. The quantitative estimate of drug-likeness (QED) is 0.586. The van der Waals surface area contributed by atoms with Crippen LogP contribution in [0.15, 0.2) is 42.7 Å². The van der Waals surface area contributed by atoms with Gasteiger partial charge >= 0.3 is 0 Å². The Balaban J connectivity index is 1.39. The van der Waals surface area contributed by atoms with Gasteiger partial charge in [0.15, 0.2) is 0 Å². The molecule has 3 aromatic rings. The number of nitrogens with one attached hydrogen (secondary N) is 2. The zero-order valence-corrected chi connectivity index (χ0v) is 18.1. The number of ether oxygens (including phenoxy) is 1. The van der Waals surface area contributed by atoms with Gasteiger partial charge in [-0.2, -0.15) is 0 Å². The van der Waals surface area contributed by atoms with Crippen LogP contribution in [0.25, 0.3) is 5.65 Å². The maximum Gasteiger partial charge on any atom is 0.237 e. The summed E-state index contributed by atoms with van der Waals surface area (Å²) in [6.45, 7) is 3.48. The fourth-order valence-electron chi connectivity index (χ4n) is 3.85. The Morgan fingerprint density at radius 3 is 2.94 bits per heavy atom. The smallest absolute Gasteiger partial charge is 0.237 e. The lowest BCUT2D eigenvalue weighted by Gasteiger charge is -2.34. The molecule has 0 spiro atoms. The number of imidazole rings is 1. The van der Waals surface area contributed by atoms with Crippen LogP contribution < -0.4 is 15.4 Å². The van der Waals surface area contributed by atoms with Crippen molar-refractivity contribution < 1.29 is 18.7 Å². The van der Waals surface area contributed by atoms with Crippen molar-refractivity contribution in [2.75, 3.05) is 20.2 Å². The summed E-state index contributed by atoms with van der Waals surface area (Å²) in [5, 5.41) is 5.63. The topological polar surface area (TPSA) is 88.0 Å². The molecule has 1 aliphatic heterocycles. The van der Waals surface area contributed by atoms with Crippen LogP contribution in [-0.2, 0) is 22.7 Å². The molecule has 9 heteroatoms. The number of carbonyl (C=O) groups is 2. The van der Waals surface area contributed by atoms with Gasteiger partial charge in [0.1, 0.15) is 17.2 Å². The Hall–Kier alpha value is -3.46. The van der Waals surface area contributed by atoms with E-state index >= 15 is 0 Å². The summed E-state index contributed by atoms with van der Waals surface area (Å²) in [6.07, 6.45) is 3.82. The van der Waals surface area contributed by atoms with Crippen molar-refractivity contribution in [1.29, 1.82) is 0 Å². The second-order valence-electron chi connectivity index (χ2n) is 7.92. The van der Waals surface area contributed by atoms with Gasteiger partial charge in [0.25, 0.3) is 0 Å². The average molecular weight is 439 g/mol. The minimum absolute atomic E-state index is 0.0178. The molecule has 0 saturated carbocycles. The molecule has 1 fully saturated rings. The molecule has 1 aliphatic rings. The number of aromatic nitrogens is 2. The summed E-state index contributed by atoms with van der Waals surface area (Å²) in [6, 6.07) is 7.87. The fourth-order valence-corrected chi connectivity index (χ4v) is 3.85. The molecule has 0 radical (unpaired) electrons. The number of carbonyl (C=O) groups excluding carboxylic acids is 2. The maximum absolute atomic E-state index is 14.4. The number of hydrogen-bond acceptors (Lipinski definition) is 5. The van der Waals surface area contributed by atoms with Crippen molar-refractivity contribution >= 4 is 17.5 Å². The fraction of sp³-hybridized carbons (Fsp3) is 0.348. The zero-order valence-electron chi connectivity index (χ0n) is 18.1. The predicted molar refractivity (Wildman–Crippen MR) is 117 cm³/mol. The van der Waals surface area contributed by atoms with Crippen LogP contribution in [0, 0.1) is 12.7 Å². The lowest BCUT2D eigenvalue weighted by atomic mass is 10.1. The van der Waals surface area contributed by atoms with Crippen LogP contribution in [0.3, 0.4) is 0 Å². The third-order valence-corrected chi connectivity index (χ3v) is 5.57. The summed E-state index contributed by atoms with van der Waals surface area (Å²) >= 11 is 0. The van der Waals surface area contributed by atoms with Gasteiger partial charge in [-0.3, -0.25) is 14.5 Å². The van der Waals surface area contributed by atoms with E-state index in [-0.39, 0.29) is 31.3 Å². The van der Waals surface area contributed by atoms with Crippen LogP contribution in [-0.4, -0.2) is 52.3 Å². The number of halogens is 1. The van der Waals surface area contributed by atoms with Crippen LogP contribution in [0.1, 0.15) is 23.2 Å². The van der Waals surface area contributed by atoms with Crippen LogP contribution in [0.2, 0.25) is 0 Å². The van der Waals surface area contributed by atoms with Crippen molar-refractivity contribution in [1.82, 2.24) is 24.9 Å². The van der Waals surface area contributed by atoms with E-state index in [1.54, 1.807) is 12.1 Å². The highest BCUT2D eigenvalue weighted by atomic mass is 19.1. The van der Waals surface area contributed by atoms with E-state index in [0.29, 0.717) is 24.4 Å². The van der Waals surface area contributed by atoms with Crippen LogP contribution in [0.5, 0.6) is 5.75 Å². The van der Waals surface area contributed by atoms with Crippen molar-refractivity contribution in [3.8, 4) is 5.75 Å². The molecule has 32 heavy (non-hydrogen) atoms. The van der Waals surface area contributed by atoms with Crippen LogP contribution in [0.4, 0.5) is 4.39 Å². The lowest BCUT2D eigenvalue weighted by molar-refractivity contribution is -0.134. The number of hydrogen-bond donors (Lipinski definition) is 2. The minimum atomic E-state index is -0.672. The van der Waals surface area contributed by atoms with Gasteiger partial charge in [-0.05, 0) is 24.6 Å². The number of fused-ring (bicyclic) bond motifs is 1. The molecule has 4 rings (SSSR count). The SMILES string of the molecule is COc1ccc(CN2CCNC(=O)C2CC(=O)NCc2cn3cc(C)ccc3n2)c(F)c1. The van der Waals surface area contributed by atoms with Gasteiger partial charge in [0.05, 0.1) is 31.8 Å². The Labute approximate surface area is 185 Å². The molecule has 1 atom stereocenters. The predicted octanol–water partition coefficient (Wildman–Crippen LogP) is 1.80. The third kappa shape index (κ3) is 4.88. The number of aryl methyl sites for hydroxylation is 1. The Kier molecular flexibility index (Phi) is 6.36. The van der Waals surface area contributed by atoms with E-state index in [0.717, 1.165) is 16.9 Å².